The van der Waals surface area contributed by atoms with Crippen LogP contribution in [0.2, 0.25) is 0 Å². The topological polar surface area (TPSA) is 64.3 Å². The maximum Gasteiger partial charge on any atom is 0.230 e. The molecule has 1 aromatic rings. The van der Waals surface area contributed by atoms with Gasteiger partial charge in [0.15, 0.2) is 0 Å². The highest BCUT2D eigenvalue weighted by molar-refractivity contribution is 5.91. The van der Waals surface area contributed by atoms with Crippen LogP contribution in [0.5, 0.6) is 0 Å². The van der Waals surface area contributed by atoms with Crippen LogP contribution < -0.4 is 11.1 Å². The molecule has 4 heteroatoms. The molecule has 0 bridgehead atoms. The number of hydrogen-bond acceptors (Lipinski definition) is 3. The summed E-state index contributed by atoms with van der Waals surface area (Å²) in [6.45, 7) is 0.845. The van der Waals surface area contributed by atoms with Gasteiger partial charge >= 0.3 is 0 Å². The van der Waals surface area contributed by atoms with Crippen LogP contribution in [0.1, 0.15) is 18.4 Å². The van der Waals surface area contributed by atoms with Crippen molar-refractivity contribution in [2.24, 2.45) is 5.73 Å². The van der Waals surface area contributed by atoms with Crippen molar-refractivity contribution in [3.8, 4) is 0 Å². The third-order valence-electron chi connectivity index (χ3n) is 3.50. The molecule has 3 N–H and O–H groups in total. The van der Waals surface area contributed by atoms with E-state index in [1.165, 1.54) is 0 Å². The van der Waals surface area contributed by atoms with Crippen molar-refractivity contribution in [1.29, 1.82) is 0 Å². The van der Waals surface area contributed by atoms with Crippen molar-refractivity contribution in [2.45, 2.75) is 24.3 Å². The fraction of sp³-hybridized carbons (Fsp3) is 0.500. The summed E-state index contributed by atoms with van der Waals surface area (Å²) in [6.07, 6.45) is 1.82. The maximum absolute atomic E-state index is 12.3. The predicted octanol–water partition coefficient (Wildman–Crippen LogP) is 0.808. The molecule has 0 saturated heterocycles. The molecule has 0 aromatic heterocycles. The summed E-state index contributed by atoms with van der Waals surface area (Å²) in [5.41, 5.74) is 6.38. The second-order valence-corrected chi connectivity index (χ2v) is 4.81. The summed E-state index contributed by atoms with van der Waals surface area (Å²) < 4.78 is 5.04. The van der Waals surface area contributed by atoms with E-state index in [2.05, 4.69) is 5.32 Å². The van der Waals surface area contributed by atoms with E-state index in [-0.39, 0.29) is 17.4 Å². The first-order valence-electron chi connectivity index (χ1n) is 6.28. The highest BCUT2D eigenvalue weighted by Gasteiger charge is 2.51. The molecule has 2 rings (SSSR count). The van der Waals surface area contributed by atoms with Gasteiger partial charge in [0.1, 0.15) is 0 Å². The van der Waals surface area contributed by atoms with Crippen molar-refractivity contribution < 1.29 is 9.53 Å². The molecule has 1 fully saturated rings. The number of nitrogens with one attached hydrogen (secondary N) is 1. The number of nitrogens with two attached hydrogens (primary N) is 1. The number of amides is 1. The third-order valence-corrected chi connectivity index (χ3v) is 3.50. The average Bonchev–Trinajstić information content (AvgIpc) is 3.20. The Kier molecular flexibility index (Phi) is 3.99. The fourth-order valence-corrected chi connectivity index (χ4v) is 2.22. The Bertz CT molecular complexity index is 402. The lowest BCUT2D eigenvalue weighted by atomic mass is 9.95. The van der Waals surface area contributed by atoms with Gasteiger partial charge in [0.05, 0.1) is 18.1 Å². The minimum absolute atomic E-state index is 0.0706. The van der Waals surface area contributed by atoms with Crippen molar-refractivity contribution >= 4 is 5.91 Å². The summed E-state index contributed by atoms with van der Waals surface area (Å²) in [6, 6.07) is 9.83. The van der Waals surface area contributed by atoms with E-state index in [4.69, 9.17) is 10.5 Å². The number of rotatable bonds is 6. The normalized spacial score (nSPS) is 18.1. The van der Waals surface area contributed by atoms with Crippen LogP contribution in [0, 0.1) is 0 Å². The first-order valence-corrected chi connectivity index (χ1v) is 6.28. The summed E-state index contributed by atoms with van der Waals surface area (Å²) in [7, 11) is 1.61. The van der Waals surface area contributed by atoms with Gasteiger partial charge in [-0.3, -0.25) is 4.79 Å². The van der Waals surface area contributed by atoms with Crippen LogP contribution in [-0.4, -0.2) is 32.2 Å². The quantitative estimate of drug-likeness (QED) is 0.783. The van der Waals surface area contributed by atoms with Gasteiger partial charge in [-0.25, -0.2) is 0 Å². The van der Waals surface area contributed by atoms with Gasteiger partial charge < -0.3 is 15.8 Å². The second kappa shape index (κ2) is 5.50. The molecule has 1 amide bonds. The number of ether oxygens (including phenoxy) is 1. The highest BCUT2D eigenvalue weighted by Crippen LogP contribution is 2.48. The van der Waals surface area contributed by atoms with Gasteiger partial charge in [0, 0.05) is 13.7 Å². The van der Waals surface area contributed by atoms with Gasteiger partial charge in [-0.05, 0) is 18.4 Å². The largest absolute Gasteiger partial charge is 0.383 e. The lowest BCUT2D eigenvalue weighted by Crippen LogP contribution is -2.47. The van der Waals surface area contributed by atoms with E-state index >= 15 is 0 Å². The molecule has 0 heterocycles. The Balaban J connectivity index is 2.05. The fourth-order valence-electron chi connectivity index (χ4n) is 2.22. The monoisotopic (exact) mass is 248 g/mol. The summed E-state index contributed by atoms with van der Waals surface area (Å²) in [4.78, 5) is 12.3. The first kappa shape index (κ1) is 13.1. The van der Waals surface area contributed by atoms with E-state index in [9.17, 15) is 4.79 Å². The molecule has 1 atom stereocenters. The van der Waals surface area contributed by atoms with Crippen LogP contribution in [-0.2, 0) is 14.9 Å². The van der Waals surface area contributed by atoms with Crippen LogP contribution >= 0.6 is 0 Å². The molecule has 1 aromatic carbocycles. The van der Waals surface area contributed by atoms with Crippen LogP contribution in [0.4, 0.5) is 0 Å². The third kappa shape index (κ3) is 2.54. The molecule has 1 aliphatic rings. The Hall–Kier alpha value is -1.39. The molecule has 98 valence electrons. The van der Waals surface area contributed by atoms with Crippen LogP contribution in [0.15, 0.2) is 30.3 Å². The van der Waals surface area contributed by atoms with Gasteiger partial charge in [-0.1, -0.05) is 30.3 Å². The number of hydrogen-bond donors (Lipinski definition) is 2. The number of carbonyl (C=O) groups excluding carboxylic acids is 1. The van der Waals surface area contributed by atoms with Crippen molar-refractivity contribution in [3.63, 3.8) is 0 Å². The summed E-state index contributed by atoms with van der Waals surface area (Å²) >= 11 is 0. The summed E-state index contributed by atoms with van der Waals surface area (Å²) in [5.74, 6) is 0.0706. The van der Waals surface area contributed by atoms with E-state index in [0.717, 1.165) is 18.4 Å². The molecular formula is C14H20N2O2. The maximum atomic E-state index is 12.3. The van der Waals surface area contributed by atoms with Crippen molar-refractivity contribution in [3.05, 3.63) is 35.9 Å². The van der Waals surface area contributed by atoms with Crippen molar-refractivity contribution in [2.75, 3.05) is 20.3 Å². The number of benzene rings is 1. The SMILES string of the molecule is COCC(CN)NC(=O)C1(c2ccccc2)CC1. The Morgan fingerprint density at radius 2 is 2.11 bits per heavy atom. The van der Waals surface area contributed by atoms with Crippen LogP contribution in [0.3, 0.4) is 0 Å². The Labute approximate surface area is 108 Å². The van der Waals surface area contributed by atoms with E-state index in [1.54, 1.807) is 7.11 Å². The van der Waals surface area contributed by atoms with Gasteiger partial charge in [0.2, 0.25) is 5.91 Å². The first-order chi connectivity index (χ1) is 8.73. The number of methoxy groups -OCH3 is 1. The molecule has 1 saturated carbocycles. The zero-order valence-electron chi connectivity index (χ0n) is 10.7. The molecule has 0 radical (unpaired) electrons. The van der Waals surface area contributed by atoms with Gasteiger partial charge in [-0.15, -0.1) is 0 Å². The van der Waals surface area contributed by atoms with Gasteiger partial charge in [0.25, 0.3) is 0 Å². The van der Waals surface area contributed by atoms with E-state index in [1.807, 2.05) is 30.3 Å². The minimum Gasteiger partial charge on any atom is -0.383 e. The predicted molar refractivity (Wildman–Crippen MR) is 70.2 cm³/mol. The molecule has 4 nitrogen and oxygen atoms in total. The molecular weight excluding hydrogens is 228 g/mol. The lowest BCUT2D eigenvalue weighted by molar-refractivity contribution is -0.124. The Morgan fingerprint density at radius 1 is 1.44 bits per heavy atom. The molecule has 0 spiro atoms. The lowest BCUT2D eigenvalue weighted by Gasteiger charge is -2.21. The van der Waals surface area contributed by atoms with Gasteiger partial charge in [-0.2, -0.15) is 0 Å². The molecule has 1 unspecified atom stereocenters. The standard InChI is InChI=1S/C14H20N2O2/c1-18-10-12(9-15)16-13(17)14(7-8-14)11-5-3-2-4-6-11/h2-6,12H,7-10,15H2,1H3,(H,16,17). The molecule has 18 heavy (non-hydrogen) atoms. The minimum atomic E-state index is -0.331. The van der Waals surface area contributed by atoms with E-state index in [0.29, 0.717) is 13.2 Å². The van der Waals surface area contributed by atoms with Crippen LogP contribution in [0.25, 0.3) is 0 Å². The molecule has 1 aliphatic carbocycles. The van der Waals surface area contributed by atoms with Crippen molar-refractivity contribution in [1.82, 2.24) is 5.32 Å². The molecule has 0 aliphatic heterocycles. The number of carbonyl (C=O) groups is 1. The second-order valence-electron chi connectivity index (χ2n) is 4.81. The highest BCUT2D eigenvalue weighted by atomic mass is 16.5. The Morgan fingerprint density at radius 3 is 2.61 bits per heavy atom. The zero-order chi connectivity index (χ0) is 13.0. The van der Waals surface area contributed by atoms with E-state index < -0.39 is 0 Å². The zero-order valence-corrected chi connectivity index (χ0v) is 10.7. The summed E-state index contributed by atoms with van der Waals surface area (Å²) in [5, 5.41) is 2.98. The average molecular weight is 248 g/mol. The smallest absolute Gasteiger partial charge is 0.230 e.